The fourth-order valence-corrected chi connectivity index (χ4v) is 1.39. The van der Waals surface area contributed by atoms with Crippen molar-refractivity contribution in [3.63, 3.8) is 0 Å². The van der Waals surface area contributed by atoms with Gasteiger partial charge < -0.3 is 16.2 Å². The minimum absolute atomic E-state index is 0.0257. The highest BCUT2D eigenvalue weighted by molar-refractivity contribution is 5.92. The van der Waals surface area contributed by atoms with Crippen molar-refractivity contribution in [2.45, 2.75) is 20.0 Å². The third kappa shape index (κ3) is 3.64. The van der Waals surface area contributed by atoms with Crippen molar-refractivity contribution in [1.82, 2.24) is 0 Å². The van der Waals surface area contributed by atoms with Crippen molar-refractivity contribution in [3.05, 3.63) is 29.8 Å². The second-order valence-corrected chi connectivity index (χ2v) is 3.83. The summed E-state index contributed by atoms with van der Waals surface area (Å²) in [4.78, 5) is 11.7. The zero-order valence-corrected chi connectivity index (χ0v) is 9.44. The summed E-state index contributed by atoms with van der Waals surface area (Å²) in [5, 5.41) is 11.8. The Morgan fingerprint density at radius 1 is 1.56 bits per heavy atom. The molecule has 0 aliphatic heterocycles. The molecular formula is C12H18N2O2. The molecule has 0 saturated carbocycles. The molecule has 1 atom stereocenters. The lowest BCUT2D eigenvalue weighted by molar-refractivity contribution is -0.119. The topological polar surface area (TPSA) is 75.4 Å². The van der Waals surface area contributed by atoms with E-state index in [1.54, 1.807) is 24.3 Å². The lowest BCUT2D eigenvalue weighted by Gasteiger charge is -2.11. The predicted molar refractivity (Wildman–Crippen MR) is 63.8 cm³/mol. The van der Waals surface area contributed by atoms with Gasteiger partial charge >= 0.3 is 0 Å². The first-order valence-electron chi connectivity index (χ1n) is 5.38. The molecule has 4 heteroatoms. The molecule has 4 N–H and O–H groups in total. The van der Waals surface area contributed by atoms with Gasteiger partial charge in [0.05, 0.1) is 6.61 Å². The van der Waals surface area contributed by atoms with Crippen LogP contribution in [0.4, 0.5) is 5.69 Å². The molecule has 0 radical (unpaired) electrons. The smallest absolute Gasteiger partial charge is 0.227 e. The highest BCUT2D eigenvalue weighted by Gasteiger charge is 2.11. The zero-order chi connectivity index (χ0) is 12.0. The monoisotopic (exact) mass is 222 g/mol. The molecule has 4 nitrogen and oxygen atoms in total. The molecule has 0 aliphatic rings. The van der Waals surface area contributed by atoms with Gasteiger partial charge in [0.1, 0.15) is 0 Å². The van der Waals surface area contributed by atoms with Gasteiger partial charge in [-0.15, -0.1) is 0 Å². The summed E-state index contributed by atoms with van der Waals surface area (Å²) in [7, 11) is 0. The largest absolute Gasteiger partial charge is 0.392 e. The quantitative estimate of drug-likeness (QED) is 0.698. The van der Waals surface area contributed by atoms with E-state index in [0.29, 0.717) is 18.7 Å². The van der Waals surface area contributed by atoms with Gasteiger partial charge in [-0.05, 0) is 30.7 Å². The van der Waals surface area contributed by atoms with Gasteiger partial charge in [0.15, 0.2) is 0 Å². The average Bonchev–Trinajstić information content (AvgIpc) is 2.29. The number of aliphatic hydroxyl groups excluding tert-OH is 1. The fourth-order valence-electron chi connectivity index (χ4n) is 1.39. The summed E-state index contributed by atoms with van der Waals surface area (Å²) in [5.41, 5.74) is 6.88. The number of nitrogens with one attached hydrogen (secondary N) is 1. The summed E-state index contributed by atoms with van der Waals surface area (Å²) < 4.78 is 0. The number of amides is 1. The summed E-state index contributed by atoms with van der Waals surface area (Å²) in [6.07, 6.45) is 0.672. The first kappa shape index (κ1) is 12.7. The molecule has 0 saturated heterocycles. The summed E-state index contributed by atoms with van der Waals surface area (Å²) in [6.45, 7) is 2.32. The van der Waals surface area contributed by atoms with Crippen LogP contribution in [0.1, 0.15) is 18.9 Å². The molecule has 0 heterocycles. The van der Waals surface area contributed by atoms with Crippen LogP contribution in [0.15, 0.2) is 24.3 Å². The highest BCUT2D eigenvalue weighted by Crippen LogP contribution is 2.12. The Labute approximate surface area is 95.5 Å². The van der Waals surface area contributed by atoms with E-state index in [1.165, 1.54) is 0 Å². The van der Waals surface area contributed by atoms with Crippen molar-refractivity contribution < 1.29 is 9.90 Å². The maximum absolute atomic E-state index is 11.7. The average molecular weight is 222 g/mol. The first-order valence-corrected chi connectivity index (χ1v) is 5.38. The molecule has 0 bridgehead atoms. The maximum Gasteiger partial charge on any atom is 0.227 e. The molecule has 0 aliphatic carbocycles. The van der Waals surface area contributed by atoms with Gasteiger partial charge in [0.25, 0.3) is 0 Å². The third-order valence-electron chi connectivity index (χ3n) is 2.42. The van der Waals surface area contributed by atoms with Crippen LogP contribution in [-0.2, 0) is 11.4 Å². The molecule has 1 amide bonds. The first-order chi connectivity index (χ1) is 7.67. The Kier molecular flexibility index (Phi) is 4.95. The van der Waals surface area contributed by atoms with Gasteiger partial charge in [0.2, 0.25) is 5.91 Å². The molecule has 0 aromatic heterocycles. The van der Waals surface area contributed by atoms with Crippen molar-refractivity contribution in [2.75, 3.05) is 11.9 Å². The number of anilines is 1. The zero-order valence-electron chi connectivity index (χ0n) is 9.44. The number of nitrogens with two attached hydrogens (primary N) is 1. The molecule has 16 heavy (non-hydrogen) atoms. The van der Waals surface area contributed by atoms with E-state index in [9.17, 15) is 4.79 Å². The number of rotatable bonds is 5. The van der Waals surface area contributed by atoms with Crippen molar-refractivity contribution >= 4 is 11.6 Å². The predicted octanol–water partition coefficient (Wildman–Crippen LogP) is 1.10. The van der Waals surface area contributed by atoms with Crippen LogP contribution in [0, 0.1) is 5.92 Å². The van der Waals surface area contributed by atoms with E-state index in [1.807, 2.05) is 6.92 Å². The molecule has 88 valence electrons. The Morgan fingerprint density at radius 3 is 2.94 bits per heavy atom. The molecular weight excluding hydrogens is 204 g/mol. The minimum Gasteiger partial charge on any atom is -0.392 e. The number of aliphatic hydroxyl groups is 1. The van der Waals surface area contributed by atoms with Crippen LogP contribution >= 0.6 is 0 Å². The van der Waals surface area contributed by atoms with E-state index in [-0.39, 0.29) is 18.4 Å². The summed E-state index contributed by atoms with van der Waals surface area (Å²) in [6, 6.07) is 7.16. The number of benzene rings is 1. The number of carbonyl (C=O) groups is 1. The van der Waals surface area contributed by atoms with Crippen LogP contribution in [0.5, 0.6) is 0 Å². The Balaban J connectivity index is 2.61. The van der Waals surface area contributed by atoms with Gasteiger partial charge in [-0.3, -0.25) is 4.79 Å². The third-order valence-corrected chi connectivity index (χ3v) is 2.42. The van der Waals surface area contributed by atoms with Crippen LogP contribution < -0.4 is 11.1 Å². The van der Waals surface area contributed by atoms with Crippen LogP contribution in [0.2, 0.25) is 0 Å². The van der Waals surface area contributed by atoms with Gasteiger partial charge in [-0.25, -0.2) is 0 Å². The molecule has 0 spiro atoms. The summed E-state index contributed by atoms with van der Waals surface area (Å²) >= 11 is 0. The van der Waals surface area contributed by atoms with Crippen LogP contribution in [0.3, 0.4) is 0 Å². The van der Waals surface area contributed by atoms with Gasteiger partial charge in [-0.2, -0.15) is 0 Å². The van der Waals surface area contributed by atoms with Gasteiger partial charge in [-0.1, -0.05) is 19.1 Å². The highest BCUT2D eigenvalue weighted by atomic mass is 16.3. The Bertz CT molecular complexity index is 353. The van der Waals surface area contributed by atoms with Crippen LogP contribution in [-0.4, -0.2) is 17.6 Å². The lowest BCUT2D eigenvalue weighted by atomic mass is 10.1. The fraction of sp³-hybridized carbons (Fsp3) is 0.417. The van der Waals surface area contributed by atoms with E-state index in [2.05, 4.69) is 5.32 Å². The Morgan fingerprint density at radius 2 is 2.31 bits per heavy atom. The standard InChI is InChI=1S/C12H18N2O2/c1-9(5-6-13)12(16)14-11-4-2-3-10(7-11)8-15/h2-4,7,9,15H,5-6,8,13H2,1H3,(H,14,16). The van der Waals surface area contributed by atoms with Gasteiger partial charge in [0, 0.05) is 11.6 Å². The number of hydrogen-bond acceptors (Lipinski definition) is 3. The molecule has 1 rings (SSSR count). The van der Waals surface area contributed by atoms with Crippen LogP contribution in [0.25, 0.3) is 0 Å². The van der Waals surface area contributed by atoms with E-state index < -0.39 is 0 Å². The normalized spacial score (nSPS) is 12.2. The van der Waals surface area contributed by atoms with Crippen molar-refractivity contribution in [1.29, 1.82) is 0 Å². The van der Waals surface area contributed by atoms with E-state index in [4.69, 9.17) is 10.8 Å². The Hall–Kier alpha value is -1.39. The molecule has 1 aromatic rings. The number of hydrogen-bond donors (Lipinski definition) is 3. The second-order valence-electron chi connectivity index (χ2n) is 3.83. The SMILES string of the molecule is CC(CCN)C(=O)Nc1cccc(CO)c1. The van der Waals surface area contributed by atoms with Crippen molar-refractivity contribution in [2.24, 2.45) is 11.7 Å². The van der Waals surface area contributed by atoms with Crippen molar-refractivity contribution in [3.8, 4) is 0 Å². The summed E-state index contributed by atoms with van der Waals surface area (Å²) in [5.74, 6) is -0.136. The maximum atomic E-state index is 11.7. The molecule has 1 aromatic carbocycles. The van der Waals surface area contributed by atoms with E-state index >= 15 is 0 Å². The lowest BCUT2D eigenvalue weighted by Crippen LogP contribution is -2.22. The molecule has 1 unspecified atom stereocenters. The second kappa shape index (κ2) is 6.25. The minimum atomic E-state index is -0.0946. The van der Waals surface area contributed by atoms with E-state index in [0.717, 1.165) is 5.56 Å². The number of carbonyl (C=O) groups excluding carboxylic acids is 1. The molecule has 0 fully saturated rings.